The predicted molar refractivity (Wildman–Crippen MR) is 74.0 cm³/mol. The zero-order chi connectivity index (χ0) is 14.8. The fraction of sp³-hybridized carbons (Fsp3) is 0.0667. The van der Waals surface area contributed by atoms with Gasteiger partial charge in [0.05, 0.1) is 17.5 Å². The van der Waals surface area contributed by atoms with Gasteiger partial charge >= 0.3 is 0 Å². The standard InChI is InChI=1S/C15H9FN4O/c16-14-10(8-17)4-3-5-11(14)9-20-15(21)12-6-1-2-7-13(12)18-19-20/h1-7H,9H2. The fourth-order valence-corrected chi connectivity index (χ4v) is 2.08. The monoisotopic (exact) mass is 280 g/mol. The lowest BCUT2D eigenvalue weighted by molar-refractivity contribution is 0.555. The lowest BCUT2D eigenvalue weighted by Gasteiger charge is -2.06. The average Bonchev–Trinajstić information content (AvgIpc) is 2.52. The molecule has 0 N–H and O–H groups in total. The predicted octanol–water partition coefficient (Wildman–Crippen LogP) is 1.85. The quantitative estimate of drug-likeness (QED) is 0.718. The lowest BCUT2D eigenvalue weighted by atomic mass is 10.1. The molecule has 3 aromatic rings. The second-order valence-corrected chi connectivity index (χ2v) is 4.46. The Morgan fingerprint density at radius 1 is 1.19 bits per heavy atom. The number of fused-ring (bicyclic) bond motifs is 1. The van der Waals surface area contributed by atoms with Crippen LogP contribution >= 0.6 is 0 Å². The molecule has 0 fully saturated rings. The number of nitriles is 1. The highest BCUT2D eigenvalue weighted by molar-refractivity contribution is 5.76. The first-order chi connectivity index (χ1) is 10.2. The van der Waals surface area contributed by atoms with E-state index in [4.69, 9.17) is 5.26 Å². The number of rotatable bonds is 2. The Hall–Kier alpha value is -3.07. The summed E-state index contributed by atoms with van der Waals surface area (Å²) in [6.07, 6.45) is 0. The largest absolute Gasteiger partial charge is 0.277 e. The van der Waals surface area contributed by atoms with Crippen LogP contribution in [0.5, 0.6) is 0 Å². The second-order valence-electron chi connectivity index (χ2n) is 4.46. The normalized spacial score (nSPS) is 10.5. The highest BCUT2D eigenvalue weighted by atomic mass is 19.1. The molecule has 0 aliphatic carbocycles. The summed E-state index contributed by atoms with van der Waals surface area (Å²) >= 11 is 0. The van der Waals surface area contributed by atoms with Crippen LogP contribution < -0.4 is 5.56 Å². The van der Waals surface area contributed by atoms with Crippen LogP contribution in [0.4, 0.5) is 4.39 Å². The minimum atomic E-state index is -0.637. The number of hydrogen-bond donors (Lipinski definition) is 0. The van der Waals surface area contributed by atoms with Crippen LogP contribution in [-0.4, -0.2) is 15.0 Å². The van der Waals surface area contributed by atoms with Crippen molar-refractivity contribution in [2.24, 2.45) is 0 Å². The third kappa shape index (κ3) is 2.25. The van der Waals surface area contributed by atoms with E-state index in [-0.39, 0.29) is 23.2 Å². The van der Waals surface area contributed by atoms with E-state index in [2.05, 4.69) is 10.3 Å². The van der Waals surface area contributed by atoms with Crippen molar-refractivity contribution in [1.82, 2.24) is 15.0 Å². The molecule has 2 aromatic carbocycles. The van der Waals surface area contributed by atoms with Gasteiger partial charge in [-0.3, -0.25) is 4.79 Å². The Balaban J connectivity index is 2.09. The van der Waals surface area contributed by atoms with Crippen LogP contribution in [0.25, 0.3) is 10.9 Å². The van der Waals surface area contributed by atoms with Crippen molar-refractivity contribution in [3.8, 4) is 6.07 Å². The summed E-state index contributed by atoms with van der Waals surface area (Å²) in [4.78, 5) is 12.3. The fourth-order valence-electron chi connectivity index (χ4n) is 2.08. The van der Waals surface area contributed by atoms with Gasteiger partial charge in [-0.15, -0.1) is 5.10 Å². The Labute approximate surface area is 118 Å². The number of hydrogen-bond acceptors (Lipinski definition) is 4. The molecule has 0 spiro atoms. The molecule has 6 heteroatoms. The van der Waals surface area contributed by atoms with E-state index in [0.29, 0.717) is 10.9 Å². The highest BCUT2D eigenvalue weighted by Crippen LogP contribution is 2.13. The van der Waals surface area contributed by atoms with Crippen LogP contribution in [0.15, 0.2) is 47.3 Å². The summed E-state index contributed by atoms with van der Waals surface area (Å²) < 4.78 is 15.1. The van der Waals surface area contributed by atoms with Crippen LogP contribution in [0.2, 0.25) is 0 Å². The van der Waals surface area contributed by atoms with Crippen LogP contribution in [0, 0.1) is 17.1 Å². The van der Waals surface area contributed by atoms with Crippen LogP contribution in [0.3, 0.4) is 0 Å². The van der Waals surface area contributed by atoms with Gasteiger partial charge in [0.15, 0.2) is 0 Å². The molecule has 0 unspecified atom stereocenters. The van der Waals surface area contributed by atoms with Crippen molar-refractivity contribution in [2.75, 3.05) is 0 Å². The third-order valence-corrected chi connectivity index (χ3v) is 3.15. The van der Waals surface area contributed by atoms with Gasteiger partial charge < -0.3 is 0 Å². The molecule has 0 radical (unpaired) electrons. The van der Waals surface area contributed by atoms with Crippen molar-refractivity contribution >= 4 is 10.9 Å². The van der Waals surface area contributed by atoms with Gasteiger partial charge in [0.1, 0.15) is 17.4 Å². The molecule has 0 atom stereocenters. The molecule has 0 amide bonds. The summed E-state index contributed by atoms with van der Waals surface area (Å²) in [5, 5.41) is 17.0. The maximum absolute atomic E-state index is 14.0. The molecule has 0 saturated carbocycles. The van der Waals surface area contributed by atoms with Gasteiger partial charge in [0.25, 0.3) is 5.56 Å². The summed E-state index contributed by atoms with van der Waals surface area (Å²) in [6.45, 7) is -0.0714. The molecule has 102 valence electrons. The number of benzene rings is 2. The molecular formula is C15H9FN4O. The zero-order valence-corrected chi connectivity index (χ0v) is 10.8. The van der Waals surface area contributed by atoms with Crippen LogP contribution in [0.1, 0.15) is 11.1 Å². The van der Waals surface area contributed by atoms with Gasteiger partial charge in [-0.2, -0.15) is 5.26 Å². The second kappa shape index (κ2) is 5.13. The molecular weight excluding hydrogens is 271 g/mol. The Bertz CT molecular complexity index is 927. The first-order valence-electron chi connectivity index (χ1n) is 6.21. The Kier molecular flexibility index (Phi) is 3.16. The molecule has 21 heavy (non-hydrogen) atoms. The summed E-state index contributed by atoms with van der Waals surface area (Å²) in [6, 6.07) is 13.0. The molecule has 5 nitrogen and oxygen atoms in total. The summed E-state index contributed by atoms with van der Waals surface area (Å²) in [7, 11) is 0. The first-order valence-corrected chi connectivity index (χ1v) is 6.21. The maximum atomic E-state index is 14.0. The molecule has 0 aliphatic rings. The van der Waals surface area contributed by atoms with Crippen LogP contribution in [-0.2, 0) is 6.54 Å². The SMILES string of the molecule is N#Cc1cccc(Cn2nnc3ccccc3c2=O)c1F. The molecule has 1 heterocycles. The van der Waals surface area contributed by atoms with Crippen molar-refractivity contribution in [2.45, 2.75) is 6.54 Å². The molecule has 0 aliphatic heterocycles. The number of halogens is 1. The summed E-state index contributed by atoms with van der Waals surface area (Å²) in [5.74, 6) is -0.637. The van der Waals surface area contributed by atoms with Gasteiger partial charge in [0, 0.05) is 5.56 Å². The van der Waals surface area contributed by atoms with E-state index in [1.807, 2.05) is 0 Å². The minimum absolute atomic E-state index is 0.0608. The van der Waals surface area contributed by atoms with Crippen molar-refractivity contribution in [1.29, 1.82) is 5.26 Å². The highest BCUT2D eigenvalue weighted by Gasteiger charge is 2.11. The van der Waals surface area contributed by atoms with Gasteiger partial charge in [-0.25, -0.2) is 9.07 Å². The minimum Gasteiger partial charge on any atom is -0.267 e. The molecule has 1 aromatic heterocycles. The molecule has 0 saturated heterocycles. The van der Waals surface area contributed by atoms with Gasteiger partial charge in [0.2, 0.25) is 0 Å². The molecule has 3 rings (SSSR count). The van der Waals surface area contributed by atoms with Crippen molar-refractivity contribution in [3.63, 3.8) is 0 Å². The van der Waals surface area contributed by atoms with E-state index >= 15 is 0 Å². The number of aromatic nitrogens is 3. The third-order valence-electron chi connectivity index (χ3n) is 3.15. The summed E-state index contributed by atoms with van der Waals surface area (Å²) in [5.41, 5.74) is 0.308. The van der Waals surface area contributed by atoms with Crippen molar-refractivity contribution < 1.29 is 4.39 Å². The topological polar surface area (TPSA) is 71.6 Å². The van der Waals surface area contributed by atoms with E-state index in [1.54, 1.807) is 36.4 Å². The average molecular weight is 280 g/mol. The van der Waals surface area contributed by atoms with Crippen molar-refractivity contribution in [3.05, 3.63) is 69.8 Å². The Morgan fingerprint density at radius 2 is 2.00 bits per heavy atom. The van der Waals surface area contributed by atoms with Gasteiger partial charge in [-0.1, -0.05) is 29.5 Å². The van der Waals surface area contributed by atoms with E-state index < -0.39 is 5.82 Å². The zero-order valence-electron chi connectivity index (χ0n) is 10.8. The molecule has 0 bridgehead atoms. The first kappa shape index (κ1) is 12.9. The Morgan fingerprint density at radius 3 is 2.81 bits per heavy atom. The maximum Gasteiger partial charge on any atom is 0.277 e. The smallest absolute Gasteiger partial charge is 0.267 e. The van der Waals surface area contributed by atoms with Gasteiger partial charge in [-0.05, 0) is 18.2 Å². The number of nitrogens with zero attached hydrogens (tertiary/aromatic N) is 4. The lowest BCUT2D eigenvalue weighted by Crippen LogP contribution is -2.25. The van der Waals surface area contributed by atoms with E-state index in [1.165, 1.54) is 12.1 Å². The van der Waals surface area contributed by atoms with E-state index in [9.17, 15) is 9.18 Å². The van der Waals surface area contributed by atoms with E-state index in [0.717, 1.165) is 4.68 Å².